The molecule has 2 atom stereocenters. The van der Waals surface area contributed by atoms with Gasteiger partial charge < -0.3 is 14.4 Å². The average Bonchev–Trinajstić information content (AvgIpc) is 3.37. The molecule has 4 rings (SSSR count). The zero-order chi connectivity index (χ0) is 23.5. The SMILES string of the molecule is COc1cc2c(cc1OC)C(c1cccs1)N(CC(=O)N(C)C(C)c1ccc(F)cc1)CC2. The Morgan fingerprint density at radius 3 is 2.52 bits per heavy atom. The molecule has 0 fully saturated rings. The van der Waals surface area contributed by atoms with E-state index in [1.165, 1.54) is 22.6 Å². The molecule has 33 heavy (non-hydrogen) atoms. The smallest absolute Gasteiger partial charge is 0.237 e. The normalized spacial score (nSPS) is 16.7. The summed E-state index contributed by atoms with van der Waals surface area (Å²) < 4.78 is 24.4. The van der Waals surface area contributed by atoms with E-state index in [9.17, 15) is 9.18 Å². The van der Waals surface area contributed by atoms with E-state index < -0.39 is 0 Å². The van der Waals surface area contributed by atoms with Crippen molar-refractivity contribution in [2.45, 2.75) is 25.4 Å². The fraction of sp³-hybridized carbons (Fsp3) is 0.346. The number of amides is 1. The molecule has 0 aliphatic carbocycles. The second kappa shape index (κ2) is 9.93. The molecule has 0 saturated carbocycles. The van der Waals surface area contributed by atoms with E-state index in [0.717, 1.165) is 29.8 Å². The van der Waals surface area contributed by atoms with Gasteiger partial charge in [0.2, 0.25) is 5.91 Å². The van der Waals surface area contributed by atoms with E-state index in [1.54, 1.807) is 42.6 Å². The number of hydrogen-bond donors (Lipinski definition) is 0. The van der Waals surface area contributed by atoms with Crippen molar-refractivity contribution in [3.8, 4) is 11.5 Å². The first-order valence-electron chi connectivity index (χ1n) is 11.0. The Morgan fingerprint density at radius 2 is 1.88 bits per heavy atom. The quantitative estimate of drug-likeness (QED) is 0.486. The van der Waals surface area contributed by atoms with Crippen molar-refractivity contribution in [1.29, 1.82) is 0 Å². The van der Waals surface area contributed by atoms with Gasteiger partial charge in [-0.25, -0.2) is 4.39 Å². The van der Waals surface area contributed by atoms with Gasteiger partial charge in [-0.3, -0.25) is 9.69 Å². The number of likely N-dealkylation sites (N-methyl/N-ethyl adjacent to an activating group) is 1. The van der Waals surface area contributed by atoms with Crippen LogP contribution in [0.3, 0.4) is 0 Å². The highest BCUT2D eigenvalue weighted by atomic mass is 32.1. The van der Waals surface area contributed by atoms with Crippen molar-refractivity contribution in [2.75, 3.05) is 34.4 Å². The number of nitrogens with zero attached hydrogens (tertiary/aromatic N) is 2. The second-order valence-electron chi connectivity index (χ2n) is 8.28. The molecule has 2 aromatic carbocycles. The Hall–Kier alpha value is -2.90. The van der Waals surface area contributed by atoms with Gasteiger partial charge in [-0.2, -0.15) is 0 Å². The molecular formula is C26H29FN2O3S. The van der Waals surface area contributed by atoms with E-state index in [2.05, 4.69) is 22.4 Å². The molecule has 7 heteroatoms. The van der Waals surface area contributed by atoms with Crippen LogP contribution in [-0.4, -0.2) is 50.1 Å². The standard InChI is InChI=1S/C26H29FN2O3S/c1-17(18-7-9-20(27)10-8-18)28(2)25(30)16-29-12-11-19-14-22(31-3)23(32-4)15-21(19)26(29)24-6-5-13-33-24/h5-10,13-15,17,26H,11-12,16H2,1-4H3. The molecule has 5 nitrogen and oxygen atoms in total. The molecule has 1 amide bonds. The summed E-state index contributed by atoms with van der Waals surface area (Å²) in [5, 5.41) is 2.06. The van der Waals surface area contributed by atoms with E-state index in [0.29, 0.717) is 12.3 Å². The van der Waals surface area contributed by atoms with Gasteiger partial charge in [0.1, 0.15) is 5.82 Å². The number of thiophene rings is 1. The summed E-state index contributed by atoms with van der Waals surface area (Å²) in [4.78, 5) is 18.5. The van der Waals surface area contributed by atoms with Crippen molar-refractivity contribution >= 4 is 17.2 Å². The maximum atomic E-state index is 13.3. The van der Waals surface area contributed by atoms with Crippen molar-refractivity contribution in [2.24, 2.45) is 0 Å². The fourth-order valence-corrected chi connectivity index (χ4v) is 5.29. The highest BCUT2D eigenvalue weighted by Crippen LogP contribution is 2.42. The Balaban J connectivity index is 1.60. The number of halogens is 1. The highest BCUT2D eigenvalue weighted by molar-refractivity contribution is 7.10. The van der Waals surface area contributed by atoms with Gasteiger partial charge in [0.15, 0.2) is 11.5 Å². The molecule has 0 bridgehead atoms. The molecule has 1 aliphatic heterocycles. The minimum Gasteiger partial charge on any atom is -0.493 e. The molecule has 1 aliphatic rings. The zero-order valence-corrected chi connectivity index (χ0v) is 20.2. The van der Waals surface area contributed by atoms with Crippen LogP contribution in [0.15, 0.2) is 53.9 Å². The van der Waals surface area contributed by atoms with Crippen LogP contribution in [-0.2, 0) is 11.2 Å². The lowest BCUT2D eigenvalue weighted by Gasteiger charge is -2.38. The number of rotatable bonds is 7. The average molecular weight is 469 g/mol. The molecule has 2 heterocycles. The predicted octanol–water partition coefficient (Wildman–Crippen LogP) is 5.07. The Bertz CT molecular complexity index is 1100. The number of hydrogen-bond acceptors (Lipinski definition) is 5. The first kappa shape index (κ1) is 23.3. The summed E-state index contributed by atoms with van der Waals surface area (Å²) in [5.74, 6) is 1.15. The third-order valence-electron chi connectivity index (χ3n) is 6.45. The molecule has 174 valence electrons. The summed E-state index contributed by atoms with van der Waals surface area (Å²) in [6.45, 7) is 3.01. The van der Waals surface area contributed by atoms with Crippen LogP contribution in [0.25, 0.3) is 0 Å². The Labute approximate surface area is 198 Å². The number of benzene rings is 2. The van der Waals surface area contributed by atoms with Gasteiger partial charge in [0.05, 0.1) is 32.8 Å². The van der Waals surface area contributed by atoms with E-state index in [1.807, 2.05) is 26.1 Å². The maximum Gasteiger partial charge on any atom is 0.237 e. The van der Waals surface area contributed by atoms with Crippen molar-refractivity contribution in [3.05, 3.63) is 81.3 Å². The number of carbonyl (C=O) groups excluding carboxylic acids is 1. The topological polar surface area (TPSA) is 42.0 Å². The Morgan fingerprint density at radius 1 is 1.18 bits per heavy atom. The lowest BCUT2D eigenvalue weighted by Crippen LogP contribution is -2.44. The van der Waals surface area contributed by atoms with Crippen LogP contribution in [0.2, 0.25) is 0 Å². The first-order chi connectivity index (χ1) is 15.9. The molecular weight excluding hydrogens is 439 g/mol. The third-order valence-corrected chi connectivity index (χ3v) is 7.38. The zero-order valence-electron chi connectivity index (χ0n) is 19.4. The molecule has 0 radical (unpaired) electrons. The summed E-state index contributed by atoms with van der Waals surface area (Å²) in [6.07, 6.45) is 0.822. The lowest BCUT2D eigenvalue weighted by atomic mass is 9.90. The molecule has 0 spiro atoms. The predicted molar refractivity (Wildman–Crippen MR) is 129 cm³/mol. The number of ether oxygens (including phenoxy) is 2. The molecule has 3 aromatic rings. The van der Waals surface area contributed by atoms with Gasteiger partial charge in [-0.15, -0.1) is 11.3 Å². The van der Waals surface area contributed by atoms with Crippen molar-refractivity contribution in [3.63, 3.8) is 0 Å². The van der Waals surface area contributed by atoms with Crippen LogP contribution >= 0.6 is 11.3 Å². The number of methoxy groups -OCH3 is 2. The summed E-state index contributed by atoms with van der Waals surface area (Å²) >= 11 is 1.69. The number of carbonyl (C=O) groups is 1. The van der Waals surface area contributed by atoms with Crippen LogP contribution in [0, 0.1) is 5.82 Å². The summed E-state index contributed by atoms with van der Waals surface area (Å²) in [6, 6.07) is 14.4. The lowest BCUT2D eigenvalue weighted by molar-refractivity contribution is -0.133. The van der Waals surface area contributed by atoms with Gasteiger partial charge in [-0.05, 0) is 65.7 Å². The van der Waals surface area contributed by atoms with Crippen LogP contribution in [0.1, 0.15) is 40.6 Å². The van der Waals surface area contributed by atoms with Crippen molar-refractivity contribution in [1.82, 2.24) is 9.80 Å². The minimum absolute atomic E-state index is 0.0253. The van der Waals surface area contributed by atoms with Gasteiger partial charge in [-0.1, -0.05) is 18.2 Å². The van der Waals surface area contributed by atoms with E-state index in [-0.39, 0.29) is 23.8 Å². The fourth-order valence-electron chi connectivity index (χ4n) is 4.41. The monoisotopic (exact) mass is 468 g/mol. The molecule has 0 N–H and O–H groups in total. The molecule has 2 unspecified atom stereocenters. The first-order valence-corrected chi connectivity index (χ1v) is 11.8. The largest absolute Gasteiger partial charge is 0.493 e. The van der Waals surface area contributed by atoms with Crippen LogP contribution in [0.4, 0.5) is 4.39 Å². The minimum atomic E-state index is -0.280. The Kier molecular flexibility index (Phi) is 7.00. The van der Waals surface area contributed by atoms with Gasteiger partial charge in [0.25, 0.3) is 0 Å². The van der Waals surface area contributed by atoms with Gasteiger partial charge in [0, 0.05) is 18.5 Å². The second-order valence-corrected chi connectivity index (χ2v) is 9.26. The maximum absolute atomic E-state index is 13.3. The molecule has 1 aromatic heterocycles. The van der Waals surface area contributed by atoms with Crippen LogP contribution in [0.5, 0.6) is 11.5 Å². The summed E-state index contributed by atoms with van der Waals surface area (Å²) in [7, 11) is 5.09. The van der Waals surface area contributed by atoms with E-state index in [4.69, 9.17) is 9.47 Å². The summed E-state index contributed by atoms with van der Waals surface area (Å²) in [5.41, 5.74) is 3.26. The third kappa shape index (κ3) is 4.75. The number of fused-ring (bicyclic) bond motifs is 1. The van der Waals surface area contributed by atoms with Crippen LogP contribution < -0.4 is 9.47 Å². The van der Waals surface area contributed by atoms with Gasteiger partial charge >= 0.3 is 0 Å². The van der Waals surface area contributed by atoms with E-state index >= 15 is 0 Å². The van der Waals surface area contributed by atoms with Crippen molar-refractivity contribution < 1.29 is 18.7 Å². The highest BCUT2D eigenvalue weighted by Gasteiger charge is 2.33. The molecule has 0 saturated heterocycles.